The highest BCUT2D eigenvalue weighted by atomic mass is 16.5. The van der Waals surface area contributed by atoms with Crippen LogP contribution in [-0.2, 0) is 17.6 Å². The summed E-state index contributed by atoms with van der Waals surface area (Å²) in [6, 6.07) is 5.89. The molecule has 0 aliphatic carbocycles. The Kier molecular flexibility index (Phi) is 4.08. The van der Waals surface area contributed by atoms with Gasteiger partial charge in [-0.25, -0.2) is 4.98 Å². The lowest BCUT2D eigenvalue weighted by Gasteiger charge is -2.09. The summed E-state index contributed by atoms with van der Waals surface area (Å²) in [5.74, 6) is 0.501. The fraction of sp³-hybridized carbons (Fsp3) is 0.333. The number of methoxy groups -OCH3 is 1. The van der Waals surface area contributed by atoms with Crippen LogP contribution in [0.2, 0.25) is 0 Å². The molecule has 1 aromatic heterocycles. The van der Waals surface area contributed by atoms with Crippen LogP contribution in [0.3, 0.4) is 0 Å². The molecule has 0 unspecified atom stereocenters. The molecule has 0 aliphatic heterocycles. The van der Waals surface area contributed by atoms with E-state index >= 15 is 0 Å². The number of benzene rings is 1. The van der Waals surface area contributed by atoms with Crippen molar-refractivity contribution in [1.29, 1.82) is 0 Å². The highest BCUT2D eigenvalue weighted by Gasteiger charge is 2.17. The summed E-state index contributed by atoms with van der Waals surface area (Å²) >= 11 is 0. The molecule has 0 atom stereocenters. The van der Waals surface area contributed by atoms with Crippen molar-refractivity contribution < 1.29 is 14.6 Å². The standard InChI is InChI=1S/C15H18N2O3/c1-4-10-5-6-13(20-3)11(7-10)15-12(8-14(18)19)16-9(2)17-15/h5-7H,4,8H2,1-3H3,(H,16,17)(H,18,19). The average Bonchev–Trinajstić information content (AvgIpc) is 2.77. The number of rotatable bonds is 5. The number of nitrogens with one attached hydrogen (secondary N) is 1. The zero-order chi connectivity index (χ0) is 14.7. The molecule has 2 N–H and O–H groups in total. The van der Waals surface area contributed by atoms with Crippen molar-refractivity contribution in [3.05, 3.63) is 35.3 Å². The summed E-state index contributed by atoms with van der Waals surface area (Å²) in [6.45, 7) is 3.88. The molecular weight excluding hydrogens is 256 g/mol. The summed E-state index contributed by atoms with van der Waals surface area (Å²) in [4.78, 5) is 18.4. The molecule has 0 amide bonds. The molecule has 5 nitrogen and oxygen atoms in total. The fourth-order valence-corrected chi connectivity index (χ4v) is 2.20. The minimum Gasteiger partial charge on any atom is -0.496 e. The van der Waals surface area contributed by atoms with Crippen LogP contribution in [0.1, 0.15) is 24.0 Å². The molecule has 2 rings (SSSR count). The van der Waals surface area contributed by atoms with Crippen LogP contribution >= 0.6 is 0 Å². The first-order valence-corrected chi connectivity index (χ1v) is 6.49. The van der Waals surface area contributed by atoms with Crippen molar-refractivity contribution in [3.8, 4) is 17.0 Å². The molecule has 20 heavy (non-hydrogen) atoms. The predicted octanol–water partition coefficient (Wildman–Crippen LogP) is 2.58. The van der Waals surface area contributed by atoms with E-state index in [1.165, 1.54) is 0 Å². The molecular formula is C15H18N2O3. The van der Waals surface area contributed by atoms with Crippen LogP contribution < -0.4 is 4.74 Å². The Morgan fingerprint density at radius 2 is 2.20 bits per heavy atom. The molecule has 0 aliphatic rings. The molecule has 0 spiro atoms. The van der Waals surface area contributed by atoms with Crippen LogP contribution in [0, 0.1) is 6.92 Å². The molecule has 1 aromatic carbocycles. The van der Waals surface area contributed by atoms with E-state index < -0.39 is 5.97 Å². The van der Waals surface area contributed by atoms with E-state index in [4.69, 9.17) is 9.84 Å². The minimum absolute atomic E-state index is 0.0876. The third-order valence-corrected chi connectivity index (χ3v) is 3.15. The summed E-state index contributed by atoms with van der Waals surface area (Å²) < 4.78 is 5.37. The third kappa shape index (κ3) is 2.82. The number of carboxylic acids is 1. The number of aryl methyl sites for hydroxylation is 2. The number of ether oxygens (including phenoxy) is 1. The lowest BCUT2D eigenvalue weighted by Crippen LogP contribution is -2.02. The first kappa shape index (κ1) is 14.1. The van der Waals surface area contributed by atoms with E-state index in [2.05, 4.69) is 16.9 Å². The van der Waals surface area contributed by atoms with Gasteiger partial charge in [0.25, 0.3) is 0 Å². The Labute approximate surface area is 117 Å². The normalized spacial score (nSPS) is 10.6. The van der Waals surface area contributed by atoms with Crippen LogP contribution in [0.25, 0.3) is 11.3 Å². The topological polar surface area (TPSA) is 75.2 Å². The Balaban J connectivity index is 2.57. The molecule has 0 fully saturated rings. The minimum atomic E-state index is -0.888. The van der Waals surface area contributed by atoms with Crippen molar-refractivity contribution >= 4 is 5.97 Å². The number of hydrogen-bond acceptors (Lipinski definition) is 3. The number of imidazole rings is 1. The van der Waals surface area contributed by atoms with E-state index in [9.17, 15) is 4.79 Å². The van der Waals surface area contributed by atoms with Gasteiger partial charge in [-0.05, 0) is 31.0 Å². The summed E-state index contributed by atoms with van der Waals surface area (Å²) in [5.41, 5.74) is 3.23. The van der Waals surface area contributed by atoms with Crippen molar-refractivity contribution in [2.45, 2.75) is 26.7 Å². The van der Waals surface area contributed by atoms with E-state index in [0.717, 1.165) is 17.5 Å². The van der Waals surface area contributed by atoms with Crippen molar-refractivity contribution in [3.63, 3.8) is 0 Å². The maximum Gasteiger partial charge on any atom is 0.309 e. The molecule has 2 aromatic rings. The van der Waals surface area contributed by atoms with Crippen molar-refractivity contribution in [2.75, 3.05) is 7.11 Å². The lowest BCUT2D eigenvalue weighted by molar-refractivity contribution is -0.136. The Morgan fingerprint density at radius 3 is 2.80 bits per heavy atom. The second-order valence-corrected chi connectivity index (χ2v) is 4.61. The first-order valence-electron chi connectivity index (χ1n) is 6.49. The van der Waals surface area contributed by atoms with Crippen LogP contribution in [-0.4, -0.2) is 28.2 Å². The zero-order valence-electron chi connectivity index (χ0n) is 11.9. The van der Waals surface area contributed by atoms with Gasteiger partial charge in [0.2, 0.25) is 0 Å². The van der Waals surface area contributed by atoms with Gasteiger partial charge in [-0.1, -0.05) is 13.0 Å². The smallest absolute Gasteiger partial charge is 0.309 e. The maximum absolute atomic E-state index is 11.0. The second-order valence-electron chi connectivity index (χ2n) is 4.61. The quantitative estimate of drug-likeness (QED) is 0.878. The summed E-state index contributed by atoms with van der Waals surface area (Å²) in [7, 11) is 1.60. The second kappa shape index (κ2) is 5.77. The fourth-order valence-electron chi connectivity index (χ4n) is 2.20. The van der Waals surface area contributed by atoms with Crippen LogP contribution in [0.4, 0.5) is 0 Å². The molecule has 0 radical (unpaired) electrons. The van der Waals surface area contributed by atoms with Crippen molar-refractivity contribution in [2.24, 2.45) is 0 Å². The zero-order valence-corrected chi connectivity index (χ0v) is 11.9. The molecule has 1 heterocycles. The molecule has 106 valence electrons. The van der Waals surface area contributed by atoms with E-state index in [-0.39, 0.29) is 6.42 Å². The Hall–Kier alpha value is -2.30. The monoisotopic (exact) mass is 274 g/mol. The van der Waals surface area contributed by atoms with Crippen molar-refractivity contribution in [1.82, 2.24) is 9.97 Å². The Bertz CT molecular complexity index is 632. The van der Waals surface area contributed by atoms with Gasteiger partial charge in [-0.3, -0.25) is 4.79 Å². The number of carboxylic acid groups (broad SMARTS) is 1. The van der Waals surface area contributed by atoms with Crippen LogP contribution in [0.15, 0.2) is 18.2 Å². The maximum atomic E-state index is 11.0. The van der Waals surface area contributed by atoms with Gasteiger partial charge in [-0.2, -0.15) is 0 Å². The summed E-state index contributed by atoms with van der Waals surface area (Å²) in [6.07, 6.45) is 0.810. The SMILES string of the molecule is CCc1ccc(OC)c(-c2nc(C)[nH]c2CC(=O)O)c1. The molecule has 0 saturated carbocycles. The molecule has 5 heteroatoms. The number of nitrogens with zero attached hydrogens (tertiary/aromatic N) is 1. The van der Waals surface area contributed by atoms with Gasteiger partial charge >= 0.3 is 5.97 Å². The number of aliphatic carboxylic acids is 1. The number of H-pyrrole nitrogens is 1. The third-order valence-electron chi connectivity index (χ3n) is 3.15. The highest BCUT2D eigenvalue weighted by Crippen LogP contribution is 2.32. The summed E-state index contributed by atoms with van der Waals surface area (Å²) in [5, 5.41) is 9.00. The number of hydrogen-bond donors (Lipinski definition) is 2. The van der Waals surface area contributed by atoms with Gasteiger partial charge in [0.1, 0.15) is 11.6 Å². The molecule has 0 saturated heterocycles. The van der Waals surface area contributed by atoms with Gasteiger partial charge in [0, 0.05) is 5.56 Å². The molecule has 0 bridgehead atoms. The number of carbonyl (C=O) groups is 1. The van der Waals surface area contributed by atoms with Crippen LogP contribution in [0.5, 0.6) is 5.75 Å². The van der Waals surface area contributed by atoms with Gasteiger partial charge < -0.3 is 14.8 Å². The van der Waals surface area contributed by atoms with E-state index in [0.29, 0.717) is 23.0 Å². The predicted molar refractivity (Wildman–Crippen MR) is 76.0 cm³/mol. The van der Waals surface area contributed by atoms with E-state index in [1.807, 2.05) is 25.1 Å². The van der Waals surface area contributed by atoms with E-state index in [1.54, 1.807) is 7.11 Å². The highest BCUT2D eigenvalue weighted by molar-refractivity contribution is 5.76. The average molecular weight is 274 g/mol. The number of aromatic amines is 1. The van der Waals surface area contributed by atoms with Gasteiger partial charge in [-0.15, -0.1) is 0 Å². The van der Waals surface area contributed by atoms with Gasteiger partial charge in [0.15, 0.2) is 0 Å². The first-order chi connectivity index (χ1) is 9.55. The van der Waals surface area contributed by atoms with Gasteiger partial charge in [0.05, 0.1) is 24.9 Å². The Morgan fingerprint density at radius 1 is 1.45 bits per heavy atom. The lowest BCUT2D eigenvalue weighted by atomic mass is 10.0. The largest absolute Gasteiger partial charge is 0.496 e. The number of aromatic nitrogens is 2.